The third kappa shape index (κ3) is 1.69. The van der Waals surface area contributed by atoms with Gasteiger partial charge in [0.1, 0.15) is 0 Å². The number of aliphatic hydroxyl groups excluding tert-OH is 1. The van der Waals surface area contributed by atoms with Gasteiger partial charge in [-0.15, -0.1) is 0 Å². The van der Waals surface area contributed by atoms with Gasteiger partial charge in [-0.3, -0.25) is 14.5 Å². The summed E-state index contributed by atoms with van der Waals surface area (Å²) in [5, 5.41) is 9.38. The van der Waals surface area contributed by atoms with Gasteiger partial charge in [0.2, 0.25) is 11.8 Å². The molecule has 0 radical (unpaired) electrons. The number of carbonyl (C=O) groups is 2. The van der Waals surface area contributed by atoms with Crippen molar-refractivity contribution in [2.75, 3.05) is 6.61 Å². The summed E-state index contributed by atoms with van der Waals surface area (Å²) < 4.78 is 0. The van der Waals surface area contributed by atoms with Crippen LogP contribution in [0.1, 0.15) is 44.9 Å². The molecule has 3 aliphatic rings. The highest BCUT2D eigenvalue weighted by Gasteiger charge is 2.52. The Kier molecular flexibility index (Phi) is 3.14. The number of imide groups is 1. The van der Waals surface area contributed by atoms with Crippen LogP contribution in [0.25, 0.3) is 0 Å². The zero-order valence-electron chi connectivity index (χ0n) is 10.7. The highest BCUT2D eigenvalue weighted by molar-refractivity contribution is 6.05. The zero-order chi connectivity index (χ0) is 12.7. The van der Waals surface area contributed by atoms with Crippen LogP contribution in [0.3, 0.4) is 0 Å². The summed E-state index contributed by atoms with van der Waals surface area (Å²) in [5.74, 6) is 0.112. The van der Waals surface area contributed by atoms with E-state index in [0.29, 0.717) is 0 Å². The molecule has 100 valence electrons. The van der Waals surface area contributed by atoms with Crippen molar-refractivity contribution in [2.24, 2.45) is 17.8 Å². The average Bonchev–Trinajstić information content (AvgIpc) is 2.95. The summed E-state index contributed by atoms with van der Waals surface area (Å²) >= 11 is 0. The number of hydrogen-bond donors (Lipinski definition) is 1. The van der Waals surface area contributed by atoms with Crippen LogP contribution in [0.4, 0.5) is 0 Å². The summed E-state index contributed by atoms with van der Waals surface area (Å²) in [6, 6.07) is -0.0272. The Morgan fingerprint density at radius 2 is 1.56 bits per heavy atom. The van der Waals surface area contributed by atoms with Gasteiger partial charge in [0.15, 0.2) is 0 Å². The quantitative estimate of drug-likeness (QED) is 0.753. The second-order valence-corrected chi connectivity index (χ2v) is 5.98. The van der Waals surface area contributed by atoms with E-state index in [1.54, 1.807) is 0 Å². The highest BCUT2D eigenvalue weighted by Crippen LogP contribution is 2.42. The lowest BCUT2D eigenvalue weighted by Crippen LogP contribution is -2.43. The van der Waals surface area contributed by atoms with Crippen molar-refractivity contribution in [3.05, 3.63) is 0 Å². The van der Waals surface area contributed by atoms with Gasteiger partial charge >= 0.3 is 0 Å². The first-order valence-electron chi connectivity index (χ1n) is 7.22. The molecule has 4 heteroatoms. The van der Waals surface area contributed by atoms with Crippen molar-refractivity contribution in [1.82, 2.24) is 4.90 Å². The van der Waals surface area contributed by atoms with Crippen molar-refractivity contribution < 1.29 is 14.7 Å². The first-order chi connectivity index (χ1) is 8.74. The maximum atomic E-state index is 12.4. The van der Waals surface area contributed by atoms with Gasteiger partial charge in [0.05, 0.1) is 11.8 Å². The molecule has 3 rings (SSSR count). The molecule has 0 aromatic rings. The molecule has 0 aromatic carbocycles. The third-order valence-corrected chi connectivity index (χ3v) is 5.06. The van der Waals surface area contributed by atoms with E-state index >= 15 is 0 Å². The summed E-state index contributed by atoms with van der Waals surface area (Å²) in [6.45, 7) is 0.0943. The van der Waals surface area contributed by atoms with Crippen molar-refractivity contribution in [1.29, 1.82) is 0 Å². The van der Waals surface area contributed by atoms with E-state index < -0.39 is 0 Å². The Morgan fingerprint density at radius 3 is 2.11 bits per heavy atom. The molecule has 1 saturated heterocycles. The molecule has 2 saturated carbocycles. The molecule has 0 bridgehead atoms. The molecule has 4 unspecified atom stereocenters. The molecule has 1 heterocycles. The number of hydrogen-bond acceptors (Lipinski definition) is 3. The van der Waals surface area contributed by atoms with E-state index in [-0.39, 0.29) is 42.2 Å². The maximum Gasteiger partial charge on any atom is 0.233 e. The molecular formula is C14H21NO3. The Morgan fingerprint density at radius 1 is 0.944 bits per heavy atom. The number of likely N-dealkylation sites (tertiary alicyclic amines) is 1. The minimum Gasteiger partial charge on any atom is -0.396 e. The SMILES string of the molecule is O=C1C2CCCCC2C(=O)N1C1CCCC1CO. The molecule has 0 aromatic heterocycles. The molecule has 2 amide bonds. The molecular weight excluding hydrogens is 230 g/mol. The van der Waals surface area contributed by atoms with Gasteiger partial charge in [0.25, 0.3) is 0 Å². The molecule has 1 N–H and O–H groups in total. The third-order valence-electron chi connectivity index (χ3n) is 5.06. The van der Waals surface area contributed by atoms with E-state index in [9.17, 15) is 14.7 Å². The van der Waals surface area contributed by atoms with Crippen molar-refractivity contribution in [3.63, 3.8) is 0 Å². The second kappa shape index (κ2) is 4.65. The lowest BCUT2D eigenvalue weighted by atomic mass is 9.81. The number of amides is 2. The standard InChI is InChI=1S/C14H21NO3/c16-8-9-4-3-7-12(9)15-13(17)10-5-1-2-6-11(10)14(15)18/h9-12,16H,1-8H2. The smallest absolute Gasteiger partial charge is 0.233 e. The maximum absolute atomic E-state index is 12.4. The minimum absolute atomic E-state index is 0.0272. The van der Waals surface area contributed by atoms with E-state index in [1.165, 1.54) is 4.90 Å². The summed E-state index contributed by atoms with van der Waals surface area (Å²) in [5.41, 5.74) is 0. The molecule has 18 heavy (non-hydrogen) atoms. The first kappa shape index (κ1) is 12.2. The largest absolute Gasteiger partial charge is 0.396 e. The lowest BCUT2D eigenvalue weighted by molar-refractivity contribution is -0.143. The van der Waals surface area contributed by atoms with E-state index in [2.05, 4.69) is 0 Å². The van der Waals surface area contributed by atoms with Crippen LogP contribution < -0.4 is 0 Å². The Hall–Kier alpha value is -0.900. The van der Waals surface area contributed by atoms with Crippen LogP contribution in [-0.4, -0.2) is 34.5 Å². The second-order valence-electron chi connectivity index (χ2n) is 5.98. The number of rotatable bonds is 2. The molecule has 4 nitrogen and oxygen atoms in total. The highest BCUT2D eigenvalue weighted by atomic mass is 16.3. The fourth-order valence-electron chi connectivity index (χ4n) is 4.08. The number of nitrogens with zero attached hydrogens (tertiary/aromatic N) is 1. The topological polar surface area (TPSA) is 57.6 Å². The van der Waals surface area contributed by atoms with E-state index in [1.807, 2.05) is 0 Å². The van der Waals surface area contributed by atoms with E-state index in [4.69, 9.17) is 0 Å². The number of fused-ring (bicyclic) bond motifs is 1. The summed E-state index contributed by atoms with van der Waals surface area (Å²) in [6.07, 6.45) is 6.73. The first-order valence-corrected chi connectivity index (χ1v) is 7.22. The van der Waals surface area contributed by atoms with Crippen LogP contribution >= 0.6 is 0 Å². The van der Waals surface area contributed by atoms with Gasteiger partial charge in [0, 0.05) is 18.6 Å². The fourth-order valence-corrected chi connectivity index (χ4v) is 4.08. The van der Waals surface area contributed by atoms with Crippen LogP contribution in [0.5, 0.6) is 0 Å². The fraction of sp³-hybridized carbons (Fsp3) is 0.857. The monoisotopic (exact) mass is 251 g/mol. The van der Waals surface area contributed by atoms with Crippen LogP contribution in [0, 0.1) is 17.8 Å². The molecule has 2 aliphatic carbocycles. The Bertz CT molecular complexity index is 344. The molecule has 1 aliphatic heterocycles. The van der Waals surface area contributed by atoms with Crippen molar-refractivity contribution in [2.45, 2.75) is 51.0 Å². The minimum atomic E-state index is -0.0498. The van der Waals surface area contributed by atoms with Gasteiger partial charge in [-0.25, -0.2) is 0 Å². The van der Waals surface area contributed by atoms with Gasteiger partial charge < -0.3 is 5.11 Å². The van der Waals surface area contributed by atoms with Gasteiger partial charge in [-0.1, -0.05) is 19.3 Å². The van der Waals surface area contributed by atoms with Crippen LogP contribution in [-0.2, 0) is 9.59 Å². The lowest BCUT2D eigenvalue weighted by Gasteiger charge is -2.27. The number of carbonyl (C=O) groups excluding carboxylic acids is 2. The van der Waals surface area contributed by atoms with Crippen LogP contribution in [0.2, 0.25) is 0 Å². The Labute approximate surface area is 107 Å². The summed E-state index contributed by atoms with van der Waals surface area (Å²) in [7, 11) is 0. The van der Waals surface area contributed by atoms with Crippen LogP contribution in [0.15, 0.2) is 0 Å². The van der Waals surface area contributed by atoms with Crippen molar-refractivity contribution >= 4 is 11.8 Å². The predicted molar refractivity (Wildman–Crippen MR) is 65.5 cm³/mol. The zero-order valence-corrected chi connectivity index (χ0v) is 10.7. The van der Waals surface area contributed by atoms with E-state index in [0.717, 1.165) is 44.9 Å². The Balaban J connectivity index is 1.83. The van der Waals surface area contributed by atoms with Crippen molar-refractivity contribution in [3.8, 4) is 0 Å². The molecule has 4 atom stereocenters. The normalized spacial score (nSPS) is 40.4. The van der Waals surface area contributed by atoms with Gasteiger partial charge in [-0.2, -0.15) is 0 Å². The molecule has 3 fully saturated rings. The average molecular weight is 251 g/mol. The number of aliphatic hydroxyl groups is 1. The predicted octanol–water partition coefficient (Wildman–Crippen LogP) is 1.32. The van der Waals surface area contributed by atoms with Gasteiger partial charge in [-0.05, 0) is 25.7 Å². The summed E-state index contributed by atoms with van der Waals surface area (Å²) in [4.78, 5) is 26.4. The molecule has 0 spiro atoms.